The summed E-state index contributed by atoms with van der Waals surface area (Å²) >= 11 is 0. The van der Waals surface area contributed by atoms with Crippen LogP contribution in [0, 0.1) is 11.2 Å². The van der Waals surface area contributed by atoms with E-state index in [9.17, 15) is 9.50 Å². The minimum absolute atomic E-state index is 0.0160. The van der Waals surface area contributed by atoms with Gasteiger partial charge in [0.2, 0.25) is 0 Å². The van der Waals surface area contributed by atoms with Crippen molar-refractivity contribution in [3.05, 3.63) is 35.6 Å². The maximum atomic E-state index is 13.7. The molecule has 1 aliphatic heterocycles. The zero-order valence-corrected chi connectivity index (χ0v) is 12.7. The van der Waals surface area contributed by atoms with E-state index in [0.717, 1.165) is 31.5 Å². The zero-order chi connectivity index (χ0) is 15.6. The average Bonchev–Trinajstić information content (AvgIpc) is 2.54. The van der Waals surface area contributed by atoms with Gasteiger partial charge in [0.25, 0.3) is 0 Å². The fourth-order valence-electron chi connectivity index (χ4n) is 3.81. The maximum absolute atomic E-state index is 13.7. The average molecular weight is 309 g/mol. The minimum atomic E-state index is -0.313. The normalized spacial score (nSPS) is 27.8. The number of halogens is 1. The van der Waals surface area contributed by atoms with E-state index in [1.807, 2.05) is 12.1 Å². The van der Waals surface area contributed by atoms with E-state index in [4.69, 9.17) is 9.84 Å². The van der Waals surface area contributed by atoms with E-state index in [1.165, 1.54) is 6.07 Å². The molecule has 0 amide bonds. The Hall–Kier alpha value is -1.01. The molecular weight excluding hydrogens is 285 g/mol. The number of ether oxygens (including phenoxy) is 1. The summed E-state index contributed by atoms with van der Waals surface area (Å²) in [6.07, 6.45) is 2.11. The second-order valence-corrected chi connectivity index (χ2v) is 6.44. The first kappa shape index (κ1) is 15.9. The van der Waals surface area contributed by atoms with E-state index in [-0.39, 0.29) is 30.0 Å². The summed E-state index contributed by atoms with van der Waals surface area (Å²) in [4.78, 5) is 2.23. The number of nitrogens with zero attached hydrogens (tertiary/aromatic N) is 1. The molecule has 0 bridgehead atoms. The van der Waals surface area contributed by atoms with Gasteiger partial charge in [0.1, 0.15) is 5.82 Å². The van der Waals surface area contributed by atoms with Gasteiger partial charge in [-0.1, -0.05) is 18.2 Å². The van der Waals surface area contributed by atoms with Gasteiger partial charge in [-0.25, -0.2) is 4.39 Å². The molecule has 1 saturated heterocycles. The fourth-order valence-corrected chi connectivity index (χ4v) is 3.81. The molecule has 1 saturated carbocycles. The van der Waals surface area contributed by atoms with E-state index >= 15 is 0 Å². The number of likely N-dealkylation sites (tertiary alicyclic amines) is 1. The molecule has 2 fully saturated rings. The minimum Gasteiger partial charge on any atom is -0.394 e. The van der Waals surface area contributed by atoms with Gasteiger partial charge in [0, 0.05) is 23.9 Å². The lowest BCUT2D eigenvalue weighted by Gasteiger charge is -2.56. The van der Waals surface area contributed by atoms with Crippen molar-refractivity contribution < 1.29 is 19.3 Å². The number of aliphatic hydroxyl groups is 2. The van der Waals surface area contributed by atoms with Crippen molar-refractivity contribution in [2.75, 3.05) is 26.3 Å². The van der Waals surface area contributed by atoms with Crippen molar-refractivity contribution in [2.45, 2.75) is 38.0 Å². The van der Waals surface area contributed by atoms with Crippen molar-refractivity contribution in [3.8, 4) is 0 Å². The van der Waals surface area contributed by atoms with E-state index in [2.05, 4.69) is 4.90 Å². The van der Waals surface area contributed by atoms with E-state index in [0.29, 0.717) is 19.6 Å². The number of benzene rings is 1. The van der Waals surface area contributed by atoms with Gasteiger partial charge in [0.15, 0.2) is 0 Å². The Morgan fingerprint density at radius 3 is 2.64 bits per heavy atom. The molecule has 2 aliphatic rings. The van der Waals surface area contributed by atoms with Crippen LogP contribution in [-0.4, -0.2) is 53.6 Å². The third kappa shape index (κ3) is 2.91. The van der Waals surface area contributed by atoms with Crippen molar-refractivity contribution in [3.63, 3.8) is 0 Å². The van der Waals surface area contributed by atoms with Gasteiger partial charge in [-0.05, 0) is 32.0 Å². The SMILES string of the molecule is OCCO[C@H]1C[C@@H](O)C12CCN(Cc1ccccc1F)CC2. The Kier molecular flexibility index (Phi) is 4.78. The Labute approximate surface area is 130 Å². The zero-order valence-electron chi connectivity index (χ0n) is 12.7. The van der Waals surface area contributed by atoms with Gasteiger partial charge >= 0.3 is 0 Å². The van der Waals surface area contributed by atoms with Crippen LogP contribution in [-0.2, 0) is 11.3 Å². The molecule has 1 spiro atoms. The number of hydrogen-bond acceptors (Lipinski definition) is 4. The highest BCUT2D eigenvalue weighted by Gasteiger charge is 2.55. The Morgan fingerprint density at radius 1 is 1.27 bits per heavy atom. The first-order chi connectivity index (χ1) is 10.7. The molecule has 0 aromatic heterocycles. The van der Waals surface area contributed by atoms with Crippen molar-refractivity contribution in [1.82, 2.24) is 4.90 Å². The van der Waals surface area contributed by atoms with Crippen LogP contribution in [0.2, 0.25) is 0 Å². The fraction of sp³-hybridized carbons (Fsp3) is 0.647. The van der Waals surface area contributed by atoms with Crippen LogP contribution in [0.15, 0.2) is 24.3 Å². The highest BCUT2D eigenvalue weighted by atomic mass is 19.1. The number of piperidine rings is 1. The van der Waals surface area contributed by atoms with Crippen LogP contribution in [0.4, 0.5) is 4.39 Å². The van der Waals surface area contributed by atoms with Crippen LogP contribution in [0.5, 0.6) is 0 Å². The molecule has 0 radical (unpaired) electrons. The van der Waals surface area contributed by atoms with Gasteiger partial charge in [-0.15, -0.1) is 0 Å². The Morgan fingerprint density at radius 2 is 2.00 bits per heavy atom. The predicted molar refractivity (Wildman–Crippen MR) is 80.8 cm³/mol. The van der Waals surface area contributed by atoms with Crippen LogP contribution < -0.4 is 0 Å². The molecule has 1 aromatic rings. The molecule has 1 aliphatic carbocycles. The Bertz CT molecular complexity index is 502. The van der Waals surface area contributed by atoms with E-state index in [1.54, 1.807) is 6.07 Å². The molecule has 22 heavy (non-hydrogen) atoms. The maximum Gasteiger partial charge on any atom is 0.127 e. The molecule has 122 valence electrons. The van der Waals surface area contributed by atoms with Gasteiger partial charge in [-0.2, -0.15) is 0 Å². The number of aliphatic hydroxyl groups excluding tert-OH is 2. The van der Waals surface area contributed by atoms with Gasteiger partial charge in [-0.3, -0.25) is 4.90 Å². The lowest BCUT2D eigenvalue weighted by atomic mass is 9.58. The van der Waals surface area contributed by atoms with Gasteiger partial charge < -0.3 is 14.9 Å². The third-order valence-corrected chi connectivity index (χ3v) is 5.29. The molecule has 0 unspecified atom stereocenters. The molecule has 2 N–H and O–H groups in total. The topological polar surface area (TPSA) is 52.9 Å². The molecule has 5 heteroatoms. The highest BCUT2D eigenvalue weighted by Crippen LogP contribution is 2.51. The first-order valence-corrected chi connectivity index (χ1v) is 8.02. The van der Waals surface area contributed by atoms with E-state index < -0.39 is 0 Å². The van der Waals surface area contributed by atoms with Crippen LogP contribution in [0.25, 0.3) is 0 Å². The summed E-state index contributed by atoms with van der Waals surface area (Å²) in [5.41, 5.74) is 0.557. The van der Waals surface area contributed by atoms with Crippen LogP contribution in [0.1, 0.15) is 24.8 Å². The summed E-state index contributed by atoms with van der Waals surface area (Å²) in [5, 5.41) is 19.1. The number of rotatable bonds is 5. The van der Waals surface area contributed by atoms with Crippen LogP contribution in [0.3, 0.4) is 0 Å². The molecule has 3 rings (SSSR count). The quantitative estimate of drug-likeness (QED) is 0.866. The summed E-state index contributed by atoms with van der Waals surface area (Å²) in [7, 11) is 0. The summed E-state index contributed by atoms with van der Waals surface area (Å²) in [6, 6.07) is 6.89. The molecule has 1 heterocycles. The van der Waals surface area contributed by atoms with Crippen molar-refractivity contribution >= 4 is 0 Å². The molecule has 2 atom stereocenters. The van der Waals surface area contributed by atoms with Gasteiger partial charge in [0.05, 0.1) is 25.4 Å². The summed E-state index contributed by atoms with van der Waals surface area (Å²) in [6.45, 7) is 2.63. The molecule has 4 nitrogen and oxygen atoms in total. The standard InChI is InChI=1S/C17H24FNO3/c18-14-4-2-1-3-13(14)12-19-7-5-17(6-8-19)15(21)11-16(17)22-10-9-20/h1-4,15-16,20-21H,5-12H2/t15-,16+/m1/s1. The molecular formula is C17H24FNO3. The Balaban J connectivity index is 1.57. The largest absolute Gasteiger partial charge is 0.394 e. The third-order valence-electron chi connectivity index (χ3n) is 5.29. The highest BCUT2D eigenvalue weighted by molar-refractivity contribution is 5.17. The summed E-state index contributed by atoms with van der Waals surface area (Å²) < 4.78 is 19.4. The monoisotopic (exact) mass is 309 g/mol. The summed E-state index contributed by atoms with van der Waals surface area (Å²) in [5.74, 6) is -0.157. The lowest BCUT2D eigenvalue weighted by molar-refractivity contribution is -0.213. The number of hydrogen-bond donors (Lipinski definition) is 2. The second kappa shape index (κ2) is 6.62. The van der Waals surface area contributed by atoms with Crippen molar-refractivity contribution in [1.29, 1.82) is 0 Å². The second-order valence-electron chi connectivity index (χ2n) is 6.44. The van der Waals surface area contributed by atoms with Crippen molar-refractivity contribution in [2.24, 2.45) is 5.41 Å². The smallest absolute Gasteiger partial charge is 0.127 e. The lowest BCUT2D eigenvalue weighted by Crippen LogP contribution is -2.62. The molecule has 1 aromatic carbocycles. The predicted octanol–water partition coefficient (Wildman–Crippen LogP) is 1.55. The first-order valence-electron chi connectivity index (χ1n) is 8.02. The van der Waals surface area contributed by atoms with Crippen LogP contribution >= 0.6 is 0 Å².